The van der Waals surface area contributed by atoms with Crippen LogP contribution in [0.3, 0.4) is 0 Å². The van der Waals surface area contributed by atoms with E-state index in [0.717, 1.165) is 26.1 Å². The van der Waals surface area contributed by atoms with Gasteiger partial charge in [-0.2, -0.15) is 0 Å². The predicted molar refractivity (Wildman–Crippen MR) is 57.5 cm³/mol. The predicted octanol–water partition coefficient (Wildman–Crippen LogP) is 0.848. The highest BCUT2D eigenvalue weighted by molar-refractivity contribution is 4.88. The van der Waals surface area contributed by atoms with Gasteiger partial charge in [-0.15, -0.1) is 0 Å². The van der Waals surface area contributed by atoms with E-state index < -0.39 is 0 Å². The summed E-state index contributed by atoms with van der Waals surface area (Å²) >= 11 is 0. The van der Waals surface area contributed by atoms with E-state index in [4.69, 9.17) is 4.74 Å². The second kappa shape index (κ2) is 4.60. The van der Waals surface area contributed by atoms with E-state index in [1.807, 2.05) is 0 Å². The zero-order valence-electron chi connectivity index (χ0n) is 9.33. The Morgan fingerprint density at radius 3 is 3.07 bits per heavy atom. The molecule has 2 fully saturated rings. The lowest BCUT2D eigenvalue weighted by Gasteiger charge is -2.39. The minimum atomic E-state index is 0.425. The lowest BCUT2D eigenvalue weighted by Crippen LogP contribution is -2.54. The highest BCUT2D eigenvalue weighted by Crippen LogP contribution is 2.18. The van der Waals surface area contributed by atoms with E-state index in [1.54, 1.807) is 0 Å². The number of fused-ring (bicyclic) bond motifs is 1. The first-order valence-corrected chi connectivity index (χ1v) is 5.86. The molecule has 14 heavy (non-hydrogen) atoms. The first-order valence-electron chi connectivity index (χ1n) is 5.86. The standard InChI is InChI=1S/C11H22N2O/c1-9(2)13-6-4-10-11(8-13)14-7-3-5-12-10/h9-12H,3-8H2,1-2H3/t10?,11-/m1/s1. The number of hydrogen-bond donors (Lipinski definition) is 1. The van der Waals surface area contributed by atoms with Gasteiger partial charge in [0.15, 0.2) is 0 Å². The van der Waals surface area contributed by atoms with Gasteiger partial charge in [-0.1, -0.05) is 0 Å². The summed E-state index contributed by atoms with van der Waals surface area (Å²) in [5.74, 6) is 0. The maximum atomic E-state index is 5.88. The summed E-state index contributed by atoms with van der Waals surface area (Å²) in [6.07, 6.45) is 2.82. The van der Waals surface area contributed by atoms with Crippen molar-refractivity contribution in [2.75, 3.05) is 26.2 Å². The van der Waals surface area contributed by atoms with Crippen LogP contribution in [0.1, 0.15) is 26.7 Å². The first-order chi connectivity index (χ1) is 6.77. The van der Waals surface area contributed by atoms with Crippen LogP contribution in [0, 0.1) is 0 Å². The van der Waals surface area contributed by atoms with Gasteiger partial charge in [0.25, 0.3) is 0 Å². The molecule has 2 heterocycles. The van der Waals surface area contributed by atoms with E-state index in [9.17, 15) is 0 Å². The molecule has 0 spiro atoms. The molecule has 0 bridgehead atoms. The summed E-state index contributed by atoms with van der Waals surface area (Å²) < 4.78 is 5.88. The number of piperidine rings is 1. The fourth-order valence-corrected chi connectivity index (χ4v) is 2.41. The van der Waals surface area contributed by atoms with E-state index in [1.165, 1.54) is 13.0 Å². The van der Waals surface area contributed by atoms with Crippen molar-refractivity contribution in [2.45, 2.75) is 44.9 Å². The molecule has 2 atom stereocenters. The Morgan fingerprint density at radius 2 is 2.29 bits per heavy atom. The molecule has 0 aromatic carbocycles. The van der Waals surface area contributed by atoms with Gasteiger partial charge >= 0.3 is 0 Å². The zero-order valence-corrected chi connectivity index (χ0v) is 9.33. The highest BCUT2D eigenvalue weighted by atomic mass is 16.5. The number of nitrogens with one attached hydrogen (secondary N) is 1. The third-order valence-corrected chi connectivity index (χ3v) is 3.38. The molecule has 82 valence electrons. The van der Waals surface area contributed by atoms with Gasteiger partial charge in [-0.05, 0) is 33.2 Å². The minimum Gasteiger partial charge on any atom is -0.375 e. The van der Waals surface area contributed by atoms with Crippen LogP contribution >= 0.6 is 0 Å². The largest absolute Gasteiger partial charge is 0.375 e. The van der Waals surface area contributed by atoms with Crippen molar-refractivity contribution < 1.29 is 4.74 Å². The molecule has 3 nitrogen and oxygen atoms in total. The third kappa shape index (κ3) is 2.27. The molecule has 0 aromatic rings. The average molecular weight is 198 g/mol. The van der Waals surface area contributed by atoms with Gasteiger partial charge in [-0.3, -0.25) is 4.90 Å². The van der Waals surface area contributed by atoms with Crippen LogP contribution in [0.25, 0.3) is 0 Å². The number of hydrogen-bond acceptors (Lipinski definition) is 3. The summed E-state index contributed by atoms with van der Waals surface area (Å²) in [5, 5.41) is 3.59. The number of rotatable bonds is 1. The van der Waals surface area contributed by atoms with Crippen molar-refractivity contribution in [1.29, 1.82) is 0 Å². The topological polar surface area (TPSA) is 24.5 Å². The fraction of sp³-hybridized carbons (Fsp3) is 1.00. The fourth-order valence-electron chi connectivity index (χ4n) is 2.41. The molecule has 0 saturated carbocycles. The van der Waals surface area contributed by atoms with Gasteiger partial charge in [0.1, 0.15) is 0 Å². The lowest BCUT2D eigenvalue weighted by molar-refractivity contribution is -0.0168. The van der Waals surface area contributed by atoms with Crippen molar-refractivity contribution >= 4 is 0 Å². The Balaban J connectivity index is 1.93. The van der Waals surface area contributed by atoms with Crippen LogP contribution in [0.2, 0.25) is 0 Å². The molecular weight excluding hydrogens is 176 g/mol. The van der Waals surface area contributed by atoms with Gasteiger partial charge < -0.3 is 10.1 Å². The SMILES string of the molecule is CC(C)N1CCC2NCCCO[C@@H]2C1. The first kappa shape index (κ1) is 10.4. The summed E-state index contributed by atoms with van der Waals surface area (Å²) in [6.45, 7) is 8.92. The molecule has 1 N–H and O–H groups in total. The second-order valence-corrected chi connectivity index (χ2v) is 4.70. The Hall–Kier alpha value is -0.120. The summed E-state index contributed by atoms with van der Waals surface area (Å²) in [5.41, 5.74) is 0. The second-order valence-electron chi connectivity index (χ2n) is 4.70. The molecule has 2 rings (SSSR count). The van der Waals surface area contributed by atoms with Gasteiger partial charge in [-0.25, -0.2) is 0 Å². The van der Waals surface area contributed by atoms with Crippen molar-refractivity contribution in [3.05, 3.63) is 0 Å². The third-order valence-electron chi connectivity index (χ3n) is 3.38. The molecule has 0 aromatic heterocycles. The number of ether oxygens (including phenoxy) is 1. The van der Waals surface area contributed by atoms with E-state index in [0.29, 0.717) is 18.2 Å². The van der Waals surface area contributed by atoms with Gasteiger partial charge in [0.2, 0.25) is 0 Å². The summed E-state index contributed by atoms with van der Waals surface area (Å²) in [4.78, 5) is 2.52. The van der Waals surface area contributed by atoms with Gasteiger partial charge in [0.05, 0.1) is 6.10 Å². The van der Waals surface area contributed by atoms with Crippen LogP contribution in [0.5, 0.6) is 0 Å². The molecule has 3 heteroatoms. The molecule has 2 aliphatic heterocycles. The summed E-state index contributed by atoms with van der Waals surface area (Å²) in [6, 6.07) is 1.26. The Bertz CT molecular complexity index is 184. The van der Waals surface area contributed by atoms with Crippen molar-refractivity contribution in [1.82, 2.24) is 10.2 Å². The number of nitrogens with zero attached hydrogens (tertiary/aromatic N) is 1. The maximum absolute atomic E-state index is 5.88. The van der Waals surface area contributed by atoms with E-state index >= 15 is 0 Å². The smallest absolute Gasteiger partial charge is 0.0855 e. The number of likely N-dealkylation sites (tertiary alicyclic amines) is 1. The van der Waals surface area contributed by atoms with E-state index in [-0.39, 0.29) is 0 Å². The van der Waals surface area contributed by atoms with Crippen molar-refractivity contribution in [2.24, 2.45) is 0 Å². The molecule has 0 amide bonds. The monoisotopic (exact) mass is 198 g/mol. The lowest BCUT2D eigenvalue weighted by atomic mass is 10.0. The summed E-state index contributed by atoms with van der Waals surface area (Å²) in [7, 11) is 0. The van der Waals surface area contributed by atoms with Gasteiger partial charge in [0, 0.05) is 31.8 Å². The molecule has 0 radical (unpaired) electrons. The van der Waals surface area contributed by atoms with Crippen molar-refractivity contribution in [3.63, 3.8) is 0 Å². The quantitative estimate of drug-likeness (QED) is 0.676. The molecule has 0 aliphatic carbocycles. The highest BCUT2D eigenvalue weighted by Gasteiger charge is 2.31. The molecule has 1 unspecified atom stereocenters. The molecular formula is C11H22N2O. The Labute approximate surface area is 86.8 Å². The molecule has 2 saturated heterocycles. The Morgan fingerprint density at radius 1 is 1.43 bits per heavy atom. The van der Waals surface area contributed by atoms with Crippen LogP contribution < -0.4 is 5.32 Å². The normalized spacial score (nSPS) is 35.4. The van der Waals surface area contributed by atoms with Crippen LogP contribution in [-0.2, 0) is 4.74 Å². The van der Waals surface area contributed by atoms with Crippen LogP contribution in [0.4, 0.5) is 0 Å². The van der Waals surface area contributed by atoms with Crippen LogP contribution in [0.15, 0.2) is 0 Å². The van der Waals surface area contributed by atoms with Crippen molar-refractivity contribution in [3.8, 4) is 0 Å². The maximum Gasteiger partial charge on any atom is 0.0855 e. The zero-order chi connectivity index (χ0) is 9.97. The Kier molecular flexibility index (Phi) is 3.42. The minimum absolute atomic E-state index is 0.425. The molecule has 2 aliphatic rings. The van der Waals surface area contributed by atoms with Crippen LogP contribution in [-0.4, -0.2) is 49.3 Å². The van der Waals surface area contributed by atoms with E-state index in [2.05, 4.69) is 24.1 Å². The average Bonchev–Trinajstić information content (AvgIpc) is 2.41.